The molecule has 1 aliphatic heterocycles. The Morgan fingerprint density at radius 3 is 2.56 bits per heavy atom. The van der Waals surface area contributed by atoms with Gasteiger partial charge in [-0.3, -0.25) is 4.90 Å². The molecule has 2 heterocycles. The van der Waals surface area contributed by atoms with E-state index in [-0.39, 0.29) is 12.1 Å². The van der Waals surface area contributed by atoms with E-state index < -0.39 is 0 Å². The second-order valence-electron chi connectivity index (χ2n) is 8.11. The van der Waals surface area contributed by atoms with E-state index in [1.165, 1.54) is 5.56 Å². The molecule has 162 valence electrons. The number of ether oxygens (including phenoxy) is 1. The van der Waals surface area contributed by atoms with Gasteiger partial charge in [-0.1, -0.05) is 41.4 Å². The van der Waals surface area contributed by atoms with Gasteiger partial charge in [0.25, 0.3) is 0 Å². The van der Waals surface area contributed by atoms with Gasteiger partial charge in [-0.2, -0.15) is 0 Å². The topological polar surface area (TPSA) is 57.4 Å². The summed E-state index contributed by atoms with van der Waals surface area (Å²) in [5.41, 5.74) is 6.37. The Bertz CT molecular complexity index is 1280. The lowest BCUT2D eigenvalue weighted by atomic mass is 9.92. The number of rotatable bonds is 3. The molecule has 32 heavy (non-hydrogen) atoms. The maximum Gasteiger partial charge on any atom is 0.416 e. The molecular formula is C26H24ClN3O2. The van der Waals surface area contributed by atoms with Crippen LogP contribution in [0.2, 0.25) is 5.02 Å². The minimum Gasteiger partial charge on any atom is -0.410 e. The largest absolute Gasteiger partial charge is 0.416 e. The lowest BCUT2D eigenvalue weighted by Gasteiger charge is -2.35. The number of carbonyl (C=O) groups excluding carboxylic acids is 1. The number of anilines is 1. The highest BCUT2D eigenvalue weighted by Gasteiger charge is 2.35. The molecule has 0 spiro atoms. The van der Waals surface area contributed by atoms with Crippen molar-refractivity contribution in [3.8, 4) is 5.75 Å². The van der Waals surface area contributed by atoms with Gasteiger partial charge in [0.05, 0.1) is 0 Å². The summed E-state index contributed by atoms with van der Waals surface area (Å²) < 4.78 is 5.75. The number of hydrogen-bond acceptors (Lipinski definition) is 3. The molecule has 0 aliphatic carbocycles. The molecule has 0 saturated heterocycles. The number of aromatic nitrogens is 1. The van der Waals surface area contributed by atoms with Crippen molar-refractivity contribution in [2.24, 2.45) is 0 Å². The molecule has 5 nitrogen and oxygen atoms in total. The van der Waals surface area contributed by atoms with E-state index in [0.29, 0.717) is 17.3 Å². The number of aryl methyl sites for hydroxylation is 1. The Morgan fingerprint density at radius 1 is 1.09 bits per heavy atom. The fourth-order valence-corrected chi connectivity index (χ4v) is 4.57. The van der Waals surface area contributed by atoms with Crippen LogP contribution in [0.1, 0.15) is 28.4 Å². The monoisotopic (exact) mass is 445 g/mol. The quantitative estimate of drug-likeness (QED) is 0.388. The summed E-state index contributed by atoms with van der Waals surface area (Å²) in [6.45, 7) is 2.56. The fourth-order valence-electron chi connectivity index (χ4n) is 4.40. The van der Waals surface area contributed by atoms with E-state index in [9.17, 15) is 4.79 Å². The SMILES string of the molecule is CNc1ccc(C2c3[nH]c4ccc(Cl)cc4c3CCN2C(=O)Oc2ccc(C)cc2)cc1. The highest BCUT2D eigenvalue weighted by molar-refractivity contribution is 6.31. The molecule has 1 unspecified atom stereocenters. The molecule has 5 rings (SSSR count). The van der Waals surface area contributed by atoms with Crippen LogP contribution in [0.4, 0.5) is 10.5 Å². The van der Waals surface area contributed by atoms with Gasteiger partial charge < -0.3 is 15.0 Å². The van der Waals surface area contributed by atoms with Crippen LogP contribution in [0.3, 0.4) is 0 Å². The molecular weight excluding hydrogens is 422 g/mol. The van der Waals surface area contributed by atoms with Gasteiger partial charge in [0.2, 0.25) is 0 Å². The molecule has 1 atom stereocenters. The first-order valence-corrected chi connectivity index (χ1v) is 11.0. The molecule has 1 amide bonds. The fraction of sp³-hybridized carbons (Fsp3) is 0.192. The third kappa shape index (κ3) is 3.69. The zero-order valence-electron chi connectivity index (χ0n) is 18.0. The summed E-state index contributed by atoms with van der Waals surface area (Å²) in [6, 6.07) is 21.2. The summed E-state index contributed by atoms with van der Waals surface area (Å²) in [6.07, 6.45) is 0.364. The first-order chi connectivity index (χ1) is 15.5. The van der Waals surface area contributed by atoms with Gasteiger partial charge in [-0.05, 0) is 66.9 Å². The van der Waals surface area contributed by atoms with Crippen LogP contribution >= 0.6 is 11.6 Å². The Morgan fingerprint density at radius 2 is 1.84 bits per heavy atom. The number of H-pyrrole nitrogens is 1. The first-order valence-electron chi connectivity index (χ1n) is 10.7. The lowest BCUT2D eigenvalue weighted by Crippen LogP contribution is -2.42. The van der Waals surface area contributed by atoms with Gasteiger partial charge in [0, 0.05) is 40.9 Å². The van der Waals surface area contributed by atoms with E-state index >= 15 is 0 Å². The highest BCUT2D eigenvalue weighted by Crippen LogP contribution is 2.39. The van der Waals surface area contributed by atoms with E-state index in [4.69, 9.17) is 16.3 Å². The first kappa shape index (κ1) is 20.5. The maximum atomic E-state index is 13.3. The average Bonchev–Trinajstić information content (AvgIpc) is 3.18. The molecule has 2 N–H and O–H groups in total. The lowest BCUT2D eigenvalue weighted by molar-refractivity contribution is 0.135. The second kappa shape index (κ2) is 8.24. The predicted octanol–water partition coefficient (Wildman–Crippen LogP) is 6.32. The van der Waals surface area contributed by atoms with Crippen LogP contribution in [0.5, 0.6) is 5.75 Å². The number of aromatic amines is 1. The molecule has 3 aromatic carbocycles. The molecule has 1 aromatic heterocycles. The maximum absolute atomic E-state index is 13.3. The molecule has 0 saturated carbocycles. The number of amides is 1. The smallest absolute Gasteiger partial charge is 0.410 e. The van der Waals surface area contributed by atoms with Crippen LogP contribution in [0.15, 0.2) is 66.7 Å². The van der Waals surface area contributed by atoms with Crippen LogP contribution in [-0.2, 0) is 6.42 Å². The van der Waals surface area contributed by atoms with E-state index in [1.54, 1.807) is 4.90 Å². The normalized spacial score (nSPS) is 15.5. The number of carbonyl (C=O) groups is 1. The molecule has 4 aromatic rings. The molecule has 0 bridgehead atoms. The van der Waals surface area contributed by atoms with Crippen molar-refractivity contribution >= 4 is 34.3 Å². The Hall–Kier alpha value is -3.44. The third-order valence-corrected chi connectivity index (χ3v) is 6.30. The van der Waals surface area contributed by atoms with E-state index in [1.807, 2.05) is 68.6 Å². The summed E-state index contributed by atoms with van der Waals surface area (Å²) >= 11 is 6.28. The van der Waals surface area contributed by atoms with Crippen molar-refractivity contribution in [3.63, 3.8) is 0 Å². The van der Waals surface area contributed by atoms with Gasteiger partial charge in [-0.25, -0.2) is 4.79 Å². The number of benzene rings is 3. The van der Waals surface area contributed by atoms with Crippen molar-refractivity contribution < 1.29 is 9.53 Å². The zero-order valence-corrected chi connectivity index (χ0v) is 18.7. The van der Waals surface area contributed by atoms with Gasteiger partial charge >= 0.3 is 6.09 Å². The van der Waals surface area contributed by atoms with E-state index in [2.05, 4.69) is 22.4 Å². The molecule has 1 aliphatic rings. The number of halogens is 1. The third-order valence-electron chi connectivity index (χ3n) is 6.06. The summed E-state index contributed by atoms with van der Waals surface area (Å²) in [4.78, 5) is 18.6. The number of hydrogen-bond donors (Lipinski definition) is 2. The summed E-state index contributed by atoms with van der Waals surface area (Å²) in [7, 11) is 1.89. The number of nitrogens with zero attached hydrogens (tertiary/aromatic N) is 1. The van der Waals surface area contributed by atoms with Crippen LogP contribution < -0.4 is 10.1 Å². The minimum atomic E-state index is -0.362. The molecule has 0 radical (unpaired) electrons. The van der Waals surface area contributed by atoms with Gasteiger partial charge in [-0.15, -0.1) is 0 Å². The minimum absolute atomic E-state index is 0.284. The van der Waals surface area contributed by atoms with Crippen molar-refractivity contribution in [2.75, 3.05) is 18.9 Å². The van der Waals surface area contributed by atoms with E-state index in [0.717, 1.165) is 39.8 Å². The second-order valence-corrected chi connectivity index (χ2v) is 8.54. The zero-order chi connectivity index (χ0) is 22.2. The van der Waals surface area contributed by atoms with Gasteiger partial charge in [0.1, 0.15) is 11.8 Å². The van der Waals surface area contributed by atoms with Crippen LogP contribution in [0.25, 0.3) is 10.9 Å². The standard InChI is InChI=1S/C26H24ClN3O2/c1-16-3-10-20(11-4-16)32-26(31)30-14-13-21-22-15-18(27)7-12-23(22)29-24(21)25(30)17-5-8-19(28-2)9-6-17/h3-12,15,25,28-29H,13-14H2,1-2H3. The van der Waals surface area contributed by atoms with Crippen molar-refractivity contribution in [3.05, 3.63) is 94.1 Å². The van der Waals surface area contributed by atoms with Crippen molar-refractivity contribution in [1.29, 1.82) is 0 Å². The Kier molecular flexibility index (Phi) is 5.27. The summed E-state index contributed by atoms with van der Waals surface area (Å²) in [5, 5.41) is 4.96. The van der Waals surface area contributed by atoms with Gasteiger partial charge in [0.15, 0.2) is 0 Å². The summed E-state index contributed by atoms with van der Waals surface area (Å²) in [5.74, 6) is 0.541. The predicted molar refractivity (Wildman–Crippen MR) is 129 cm³/mol. The average molecular weight is 446 g/mol. The highest BCUT2D eigenvalue weighted by atomic mass is 35.5. The van der Waals surface area contributed by atoms with Crippen LogP contribution in [-0.4, -0.2) is 29.6 Å². The number of fused-ring (bicyclic) bond motifs is 3. The number of nitrogens with one attached hydrogen (secondary N) is 2. The molecule has 0 fully saturated rings. The molecule has 6 heteroatoms. The van der Waals surface area contributed by atoms with Crippen LogP contribution in [0, 0.1) is 6.92 Å². The van der Waals surface area contributed by atoms with Crippen molar-refractivity contribution in [1.82, 2.24) is 9.88 Å². The Balaban J connectivity index is 1.57. The Labute approximate surface area is 192 Å². The van der Waals surface area contributed by atoms with Crippen molar-refractivity contribution in [2.45, 2.75) is 19.4 Å².